The smallest absolute Gasteiger partial charge is 0.119 e. The summed E-state index contributed by atoms with van der Waals surface area (Å²) < 4.78 is 0. The van der Waals surface area contributed by atoms with Gasteiger partial charge in [-0.2, -0.15) is 5.10 Å². The lowest BCUT2D eigenvalue weighted by Gasteiger charge is -2.17. The standard InChI is InChI=1S/C5H12N2O4/c6-7-1-3(9)5(11)4(10)2-8/h1,3-5,8-11H,2,6H2/t3-,4-,5-/m1/s1. The molecule has 0 unspecified atom stereocenters. The molecular formula is C5H12N2O4. The van der Waals surface area contributed by atoms with Crippen molar-refractivity contribution in [3.05, 3.63) is 0 Å². The van der Waals surface area contributed by atoms with Crippen LogP contribution in [0.2, 0.25) is 0 Å². The first kappa shape index (κ1) is 10.3. The van der Waals surface area contributed by atoms with Crippen LogP contribution in [-0.2, 0) is 0 Å². The SMILES string of the molecule is NN=C[C@@H](O)[C@@H](O)[C@H](O)CO. The molecule has 0 aliphatic rings. The van der Waals surface area contributed by atoms with Crippen LogP contribution in [0.15, 0.2) is 5.10 Å². The molecule has 0 saturated heterocycles. The fourth-order valence-electron chi connectivity index (χ4n) is 0.512. The van der Waals surface area contributed by atoms with E-state index in [1.807, 2.05) is 0 Å². The molecule has 0 heterocycles. The van der Waals surface area contributed by atoms with Gasteiger partial charge in [0.1, 0.15) is 18.3 Å². The molecule has 0 aromatic heterocycles. The highest BCUT2D eigenvalue weighted by Gasteiger charge is 2.22. The van der Waals surface area contributed by atoms with Crippen LogP contribution >= 0.6 is 0 Å². The van der Waals surface area contributed by atoms with Crippen molar-refractivity contribution in [1.82, 2.24) is 0 Å². The number of aliphatic hydroxyl groups excluding tert-OH is 4. The average Bonchev–Trinajstić information content (AvgIpc) is 2.02. The van der Waals surface area contributed by atoms with Crippen molar-refractivity contribution in [3.63, 3.8) is 0 Å². The maximum absolute atomic E-state index is 8.91. The van der Waals surface area contributed by atoms with Crippen LogP contribution in [0.25, 0.3) is 0 Å². The summed E-state index contributed by atoms with van der Waals surface area (Å²) in [4.78, 5) is 0. The maximum Gasteiger partial charge on any atom is 0.119 e. The van der Waals surface area contributed by atoms with E-state index in [-0.39, 0.29) is 0 Å². The summed E-state index contributed by atoms with van der Waals surface area (Å²) in [5, 5.41) is 37.8. The van der Waals surface area contributed by atoms with Gasteiger partial charge in [-0.05, 0) is 0 Å². The van der Waals surface area contributed by atoms with E-state index in [1.165, 1.54) is 0 Å². The molecule has 0 aromatic carbocycles. The largest absolute Gasteiger partial charge is 0.394 e. The van der Waals surface area contributed by atoms with Gasteiger partial charge < -0.3 is 26.3 Å². The summed E-state index contributed by atoms with van der Waals surface area (Å²) >= 11 is 0. The van der Waals surface area contributed by atoms with Crippen LogP contribution in [0.3, 0.4) is 0 Å². The topological polar surface area (TPSA) is 119 Å². The van der Waals surface area contributed by atoms with Crippen LogP contribution in [0, 0.1) is 0 Å². The number of nitrogens with two attached hydrogens (primary N) is 1. The molecule has 0 saturated carbocycles. The van der Waals surface area contributed by atoms with Crippen molar-refractivity contribution < 1.29 is 20.4 Å². The molecule has 11 heavy (non-hydrogen) atoms. The quantitative estimate of drug-likeness (QED) is 0.172. The molecule has 0 bridgehead atoms. The van der Waals surface area contributed by atoms with E-state index in [4.69, 9.17) is 20.4 Å². The molecule has 66 valence electrons. The van der Waals surface area contributed by atoms with E-state index in [0.717, 1.165) is 6.21 Å². The fourth-order valence-corrected chi connectivity index (χ4v) is 0.512. The second kappa shape index (κ2) is 5.03. The number of hydrazone groups is 1. The minimum atomic E-state index is -1.47. The zero-order chi connectivity index (χ0) is 8.85. The molecule has 0 amide bonds. The lowest BCUT2D eigenvalue weighted by molar-refractivity contribution is -0.0541. The van der Waals surface area contributed by atoms with Crippen molar-refractivity contribution in [3.8, 4) is 0 Å². The van der Waals surface area contributed by atoms with E-state index >= 15 is 0 Å². The first-order valence-corrected chi connectivity index (χ1v) is 3.02. The van der Waals surface area contributed by atoms with Crippen LogP contribution in [0.4, 0.5) is 0 Å². The van der Waals surface area contributed by atoms with Gasteiger partial charge in [-0.1, -0.05) is 0 Å². The Bertz CT molecular complexity index is 130. The van der Waals surface area contributed by atoms with Crippen LogP contribution in [0.5, 0.6) is 0 Å². The Kier molecular flexibility index (Phi) is 4.71. The van der Waals surface area contributed by atoms with Crippen LogP contribution in [0.1, 0.15) is 0 Å². The highest BCUT2D eigenvalue weighted by atomic mass is 16.4. The van der Waals surface area contributed by atoms with E-state index < -0.39 is 24.9 Å². The Hall–Kier alpha value is -0.690. The van der Waals surface area contributed by atoms with Crippen molar-refractivity contribution in [2.24, 2.45) is 10.9 Å². The van der Waals surface area contributed by atoms with Gasteiger partial charge in [0.05, 0.1) is 12.8 Å². The molecular weight excluding hydrogens is 152 g/mol. The molecule has 0 aliphatic heterocycles. The third-order valence-corrected chi connectivity index (χ3v) is 1.17. The Balaban J connectivity index is 3.90. The van der Waals surface area contributed by atoms with Gasteiger partial charge in [0, 0.05) is 0 Å². The lowest BCUT2D eigenvalue weighted by atomic mass is 10.1. The predicted octanol–water partition coefficient (Wildman–Crippen LogP) is -2.99. The first-order valence-electron chi connectivity index (χ1n) is 3.02. The molecule has 0 aromatic rings. The molecule has 6 N–H and O–H groups in total. The van der Waals surface area contributed by atoms with Gasteiger partial charge in [-0.25, -0.2) is 0 Å². The molecule has 0 radical (unpaired) electrons. The zero-order valence-electron chi connectivity index (χ0n) is 5.83. The predicted molar refractivity (Wildman–Crippen MR) is 37.8 cm³/mol. The van der Waals surface area contributed by atoms with Gasteiger partial charge in [0.2, 0.25) is 0 Å². The number of nitrogens with zero attached hydrogens (tertiary/aromatic N) is 1. The Labute approximate surface area is 63.6 Å². The Morgan fingerprint density at radius 1 is 1.36 bits per heavy atom. The van der Waals surface area contributed by atoms with E-state index in [0.29, 0.717) is 0 Å². The van der Waals surface area contributed by atoms with Crippen molar-refractivity contribution in [2.45, 2.75) is 18.3 Å². The lowest BCUT2D eigenvalue weighted by Crippen LogP contribution is -2.40. The number of rotatable bonds is 4. The summed E-state index contributed by atoms with van der Waals surface area (Å²) in [5.41, 5.74) is 0. The van der Waals surface area contributed by atoms with Crippen molar-refractivity contribution >= 4 is 6.21 Å². The second-order valence-corrected chi connectivity index (χ2v) is 2.03. The van der Waals surface area contributed by atoms with Gasteiger partial charge in [-0.15, -0.1) is 0 Å². The number of hydrogen-bond acceptors (Lipinski definition) is 6. The van der Waals surface area contributed by atoms with Crippen molar-refractivity contribution in [2.75, 3.05) is 6.61 Å². The number of hydrogen-bond donors (Lipinski definition) is 5. The molecule has 3 atom stereocenters. The van der Waals surface area contributed by atoms with Gasteiger partial charge >= 0.3 is 0 Å². The third kappa shape index (κ3) is 3.28. The minimum absolute atomic E-state index is 0.628. The zero-order valence-corrected chi connectivity index (χ0v) is 5.83. The van der Waals surface area contributed by atoms with Crippen LogP contribution in [-0.4, -0.2) is 51.6 Å². The first-order chi connectivity index (χ1) is 5.13. The minimum Gasteiger partial charge on any atom is -0.394 e. The van der Waals surface area contributed by atoms with Gasteiger partial charge in [0.25, 0.3) is 0 Å². The summed E-state index contributed by atoms with van der Waals surface area (Å²) in [6, 6.07) is 0. The molecule has 0 rings (SSSR count). The summed E-state index contributed by atoms with van der Waals surface area (Å²) in [6.45, 7) is -0.628. The second-order valence-electron chi connectivity index (χ2n) is 2.03. The number of aliphatic hydroxyl groups is 4. The monoisotopic (exact) mass is 164 g/mol. The van der Waals surface area contributed by atoms with Gasteiger partial charge in [-0.3, -0.25) is 0 Å². The third-order valence-electron chi connectivity index (χ3n) is 1.17. The molecule has 6 nitrogen and oxygen atoms in total. The molecule has 0 aliphatic carbocycles. The van der Waals surface area contributed by atoms with Crippen molar-refractivity contribution in [1.29, 1.82) is 0 Å². The Morgan fingerprint density at radius 3 is 2.27 bits per heavy atom. The van der Waals surface area contributed by atoms with Crippen LogP contribution < -0.4 is 5.84 Å². The average molecular weight is 164 g/mol. The molecule has 0 spiro atoms. The van der Waals surface area contributed by atoms with Gasteiger partial charge in [0.15, 0.2) is 0 Å². The highest BCUT2D eigenvalue weighted by Crippen LogP contribution is 1.96. The molecule has 6 heteroatoms. The van der Waals surface area contributed by atoms with E-state index in [1.54, 1.807) is 0 Å². The highest BCUT2D eigenvalue weighted by molar-refractivity contribution is 5.63. The molecule has 0 fully saturated rings. The summed E-state index contributed by atoms with van der Waals surface area (Å²) in [7, 11) is 0. The Morgan fingerprint density at radius 2 is 1.91 bits per heavy atom. The fraction of sp³-hybridized carbons (Fsp3) is 0.800. The van der Waals surface area contributed by atoms with E-state index in [2.05, 4.69) is 10.9 Å². The summed E-state index contributed by atoms with van der Waals surface area (Å²) in [5.74, 6) is 4.66. The maximum atomic E-state index is 8.91. The van der Waals surface area contributed by atoms with E-state index in [9.17, 15) is 0 Å². The normalized spacial score (nSPS) is 20.0. The summed E-state index contributed by atoms with van der Waals surface area (Å²) in [6.07, 6.45) is -3.35.